The Morgan fingerprint density at radius 3 is 1.97 bits per heavy atom. The minimum atomic E-state index is -2.88. The summed E-state index contributed by atoms with van der Waals surface area (Å²) < 4.78 is 0. The first-order valence-electron chi connectivity index (χ1n) is 9.42. The van der Waals surface area contributed by atoms with Crippen LogP contribution >= 0.6 is 0 Å². The summed E-state index contributed by atoms with van der Waals surface area (Å²) in [5.41, 5.74) is 16.6. The van der Waals surface area contributed by atoms with Gasteiger partial charge in [-0.05, 0) is 36.1 Å². The van der Waals surface area contributed by atoms with Gasteiger partial charge >= 0.3 is 23.9 Å². The summed E-state index contributed by atoms with van der Waals surface area (Å²) in [6, 6.07) is 1.50. The Hall–Kier alpha value is -3.75. The zero-order chi connectivity index (χ0) is 25.7. The molecule has 14 nitrogen and oxygen atoms in total. The lowest BCUT2D eigenvalue weighted by atomic mass is 9.64. The van der Waals surface area contributed by atoms with Gasteiger partial charge in [0.1, 0.15) is 22.9 Å². The number of carboxylic acid groups (broad SMARTS) is 4. The molecule has 0 fully saturated rings. The molecule has 0 saturated heterocycles. The van der Waals surface area contributed by atoms with Crippen molar-refractivity contribution in [3.05, 3.63) is 29.3 Å². The van der Waals surface area contributed by atoms with Crippen LogP contribution in [0.1, 0.15) is 30.4 Å². The van der Waals surface area contributed by atoms with E-state index in [2.05, 4.69) is 0 Å². The van der Waals surface area contributed by atoms with Crippen LogP contribution in [-0.2, 0) is 35.9 Å². The van der Waals surface area contributed by atoms with Gasteiger partial charge in [-0.1, -0.05) is 6.07 Å². The van der Waals surface area contributed by atoms with Gasteiger partial charge in [0, 0.05) is 12.3 Å². The number of amides is 1. The van der Waals surface area contributed by atoms with Crippen LogP contribution < -0.4 is 22.9 Å². The fraction of sp³-hybridized carbons (Fsp3) is 0.421. The second-order valence-electron chi connectivity index (χ2n) is 7.63. The topological polar surface area (TPSA) is 291 Å². The van der Waals surface area contributed by atoms with Crippen molar-refractivity contribution in [1.29, 1.82) is 0 Å². The molecule has 182 valence electrons. The van der Waals surface area contributed by atoms with Gasteiger partial charge in [-0.2, -0.15) is 0 Å². The van der Waals surface area contributed by atoms with Crippen LogP contribution in [0.4, 0.5) is 0 Å². The predicted octanol–water partition coefficient (Wildman–Crippen LogP) is -2.28. The van der Waals surface area contributed by atoms with Crippen molar-refractivity contribution in [2.45, 2.75) is 42.8 Å². The fourth-order valence-corrected chi connectivity index (χ4v) is 3.59. The average Bonchev–Trinajstić information content (AvgIpc) is 2.70. The smallest absolute Gasteiger partial charge is 0.328 e. The predicted molar refractivity (Wildman–Crippen MR) is 110 cm³/mol. The molecular weight excluding hydrogens is 444 g/mol. The molecule has 0 heterocycles. The van der Waals surface area contributed by atoms with E-state index in [1.807, 2.05) is 0 Å². The number of primary amides is 1. The summed E-state index contributed by atoms with van der Waals surface area (Å²) in [4.78, 5) is 58.6. The Kier molecular flexibility index (Phi) is 8.47. The van der Waals surface area contributed by atoms with Gasteiger partial charge in [0.25, 0.3) is 0 Å². The minimum absolute atomic E-state index is 0.106. The maximum atomic E-state index is 12.4. The Balaban J connectivity index is 3.91. The zero-order valence-corrected chi connectivity index (χ0v) is 17.3. The molecule has 0 bridgehead atoms. The lowest BCUT2D eigenvalue weighted by Crippen LogP contribution is -2.66. The highest BCUT2D eigenvalue weighted by Gasteiger charge is 2.57. The first kappa shape index (κ1) is 27.3. The quantitative estimate of drug-likeness (QED) is 0.147. The van der Waals surface area contributed by atoms with Crippen molar-refractivity contribution in [3.8, 4) is 5.75 Å². The molecule has 0 aliphatic carbocycles. The van der Waals surface area contributed by atoms with Gasteiger partial charge in [-0.15, -0.1) is 0 Å². The summed E-state index contributed by atoms with van der Waals surface area (Å²) >= 11 is 0. The number of nitrogens with two attached hydrogens (primary N) is 4. The standard InChI is InChI=1S/C19H26N4O10/c20-11(15(28)29)5-8-1-2-9(24)6-10(8)19(23,17(32)33)12(7-14(26)27)18(22,16(30)31)4-3-13(21)25/h1-2,6,11-12,24H,3-5,7,20,22-23H2,(H2,21,25)(H,26,27)(H,28,29)(H,30,31)(H,32,33)/t11?,12?,18-,19+/m1/s1. The highest BCUT2D eigenvalue weighted by Crippen LogP contribution is 2.41. The molecule has 0 spiro atoms. The van der Waals surface area contributed by atoms with E-state index in [1.165, 1.54) is 0 Å². The third kappa shape index (κ3) is 5.94. The number of rotatable bonds is 13. The molecule has 1 aromatic rings. The van der Waals surface area contributed by atoms with Gasteiger partial charge in [0.15, 0.2) is 0 Å². The molecular formula is C19H26N4O10. The van der Waals surface area contributed by atoms with E-state index in [4.69, 9.17) is 28.0 Å². The molecule has 14 heteroatoms. The van der Waals surface area contributed by atoms with E-state index < -0.39 is 89.8 Å². The van der Waals surface area contributed by atoms with Gasteiger partial charge in [0.2, 0.25) is 5.91 Å². The summed E-state index contributed by atoms with van der Waals surface area (Å²) in [5, 5.41) is 48.3. The van der Waals surface area contributed by atoms with E-state index in [0.717, 1.165) is 18.2 Å². The van der Waals surface area contributed by atoms with Crippen molar-refractivity contribution in [2.75, 3.05) is 0 Å². The minimum Gasteiger partial charge on any atom is -0.508 e. The normalized spacial score (nSPS) is 16.6. The first-order valence-corrected chi connectivity index (χ1v) is 9.42. The maximum Gasteiger partial charge on any atom is 0.328 e. The summed E-state index contributed by atoms with van der Waals surface area (Å²) in [6.07, 6.45) is -3.07. The van der Waals surface area contributed by atoms with E-state index >= 15 is 0 Å². The van der Waals surface area contributed by atoms with E-state index in [-0.39, 0.29) is 5.56 Å². The van der Waals surface area contributed by atoms with Gasteiger partial charge in [-0.25, -0.2) is 4.79 Å². The van der Waals surface area contributed by atoms with Gasteiger partial charge in [-0.3, -0.25) is 19.2 Å². The fourth-order valence-electron chi connectivity index (χ4n) is 3.59. The number of hydrogen-bond acceptors (Lipinski definition) is 9. The average molecular weight is 470 g/mol. The molecule has 2 unspecified atom stereocenters. The Morgan fingerprint density at radius 2 is 1.55 bits per heavy atom. The van der Waals surface area contributed by atoms with Crippen LogP contribution in [0, 0.1) is 5.92 Å². The van der Waals surface area contributed by atoms with E-state index in [1.54, 1.807) is 0 Å². The van der Waals surface area contributed by atoms with Crippen molar-refractivity contribution < 1.29 is 49.5 Å². The monoisotopic (exact) mass is 470 g/mol. The number of carbonyl (C=O) groups is 5. The SMILES string of the molecule is NC(=O)CC[C@](N)(C(=O)O)C(CC(=O)O)[C@](N)(C(=O)O)c1cc(O)ccc1CC(N)C(=O)O. The summed E-state index contributed by atoms with van der Waals surface area (Å²) in [7, 11) is 0. The highest BCUT2D eigenvalue weighted by molar-refractivity contribution is 5.88. The molecule has 13 N–H and O–H groups in total. The highest BCUT2D eigenvalue weighted by atomic mass is 16.4. The van der Waals surface area contributed by atoms with Crippen molar-refractivity contribution >= 4 is 29.8 Å². The van der Waals surface area contributed by atoms with Crippen LogP contribution in [0.15, 0.2) is 18.2 Å². The van der Waals surface area contributed by atoms with Crippen LogP contribution in [0.2, 0.25) is 0 Å². The third-order valence-corrected chi connectivity index (χ3v) is 5.38. The van der Waals surface area contributed by atoms with Crippen molar-refractivity contribution in [3.63, 3.8) is 0 Å². The van der Waals surface area contributed by atoms with Crippen LogP contribution in [0.5, 0.6) is 5.75 Å². The maximum absolute atomic E-state index is 12.4. The molecule has 0 aromatic heterocycles. The number of carboxylic acids is 4. The van der Waals surface area contributed by atoms with Crippen LogP contribution in [0.25, 0.3) is 0 Å². The van der Waals surface area contributed by atoms with Crippen molar-refractivity contribution in [2.24, 2.45) is 28.9 Å². The molecule has 1 amide bonds. The first-order chi connectivity index (χ1) is 15.1. The Labute approximate surface area is 186 Å². The molecule has 0 aliphatic rings. The molecule has 1 rings (SSSR count). The number of phenolic OH excluding ortho intramolecular Hbond substituents is 1. The number of phenols is 1. The molecule has 33 heavy (non-hydrogen) atoms. The molecule has 0 radical (unpaired) electrons. The second kappa shape index (κ2) is 10.2. The van der Waals surface area contributed by atoms with Gasteiger partial charge < -0.3 is 48.5 Å². The number of hydrogen-bond donors (Lipinski definition) is 9. The lowest BCUT2D eigenvalue weighted by Gasteiger charge is -2.43. The Bertz CT molecular complexity index is 968. The lowest BCUT2D eigenvalue weighted by molar-refractivity contribution is -0.156. The van der Waals surface area contributed by atoms with Crippen molar-refractivity contribution in [1.82, 2.24) is 0 Å². The third-order valence-electron chi connectivity index (χ3n) is 5.38. The van der Waals surface area contributed by atoms with Crippen LogP contribution in [0.3, 0.4) is 0 Å². The molecule has 4 atom stereocenters. The zero-order valence-electron chi connectivity index (χ0n) is 17.3. The number of aliphatic carboxylic acids is 4. The number of carbonyl (C=O) groups excluding carboxylic acids is 1. The molecule has 1 aromatic carbocycles. The number of aromatic hydroxyl groups is 1. The van der Waals surface area contributed by atoms with E-state index in [0.29, 0.717) is 0 Å². The van der Waals surface area contributed by atoms with E-state index in [9.17, 15) is 44.4 Å². The Morgan fingerprint density at radius 1 is 0.970 bits per heavy atom. The molecule has 0 saturated carbocycles. The van der Waals surface area contributed by atoms with Gasteiger partial charge in [0.05, 0.1) is 6.42 Å². The van der Waals surface area contributed by atoms with Crippen LogP contribution in [-0.4, -0.2) is 66.9 Å². The summed E-state index contributed by atoms with van der Waals surface area (Å²) in [6.45, 7) is 0. The largest absolute Gasteiger partial charge is 0.508 e. The molecule has 0 aliphatic heterocycles. The number of benzene rings is 1. The second-order valence-corrected chi connectivity index (χ2v) is 7.63. The summed E-state index contributed by atoms with van der Waals surface area (Å²) in [5.74, 6) is -10.5.